The predicted molar refractivity (Wildman–Crippen MR) is 76.7 cm³/mol. The molecule has 21 heavy (non-hydrogen) atoms. The van der Waals surface area contributed by atoms with Gasteiger partial charge >= 0.3 is 0 Å². The van der Waals surface area contributed by atoms with Crippen LogP contribution in [0.3, 0.4) is 0 Å². The summed E-state index contributed by atoms with van der Waals surface area (Å²) in [5.41, 5.74) is 1.11. The van der Waals surface area contributed by atoms with Crippen molar-refractivity contribution in [2.24, 2.45) is 0 Å². The van der Waals surface area contributed by atoms with Gasteiger partial charge in [-0.05, 0) is 18.6 Å². The van der Waals surface area contributed by atoms with Crippen LogP contribution in [-0.2, 0) is 18.9 Å². The molecule has 2 atom stereocenters. The quantitative estimate of drug-likeness (QED) is 0.613. The summed E-state index contributed by atoms with van der Waals surface area (Å²) in [6.07, 6.45) is 0.415. The summed E-state index contributed by atoms with van der Waals surface area (Å²) in [7, 11) is 0. The minimum Gasteiger partial charge on any atom is -0.485 e. The highest BCUT2D eigenvalue weighted by atomic mass is 16.6. The molecule has 0 spiro atoms. The standard InChI is InChI=1S/C16H22O5/c1-12-4-2-3-5-16(12)21-15(8-17-6-13-10-19-13)9-18-7-14-11-20-14/h2-5,13-15H,6-11H2,1H3. The van der Waals surface area contributed by atoms with E-state index in [4.69, 9.17) is 23.7 Å². The van der Waals surface area contributed by atoms with Crippen molar-refractivity contribution in [3.63, 3.8) is 0 Å². The van der Waals surface area contributed by atoms with Crippen LogP contribution in [0.5, 0.6) is 5.75 Å². The average molecular weight is 294 g/mol. The first-order valence-corrected chi connectivity index (χ1v) is 7.42. The molecule has 0 bridgehead atoms. The molecule has 1 aromatic rings. The average Bonchev–Trinajstić information content (AvgIpc) is 3.35. The Balaban J connectivity index is 1.47. The first-order chi connectivity index (χ1) is 10.3. The lowest BCUT2D eigenvalue weighted by Gasteiger charge is -2.20. The van der Waals surface area contributed by atoms with Gasteiger partial charge < -0.3 is 23.7 Å². The zero-order valence-electron chi connectivity index (χ0n) is 12.3. The number of hydrogen-bond donors (Lipinski definition) is 0. The maximum atomic E-state index is 6.02. The van der Waals surface area contributed by atoms with Gasteiger partial charge in [-0.3, -0.25) is 0 Å². The SMILES string of the molecule is Cc1ccccc1OC(COCC1CO1)COCC1CO1. The van der Waals surface area contributed by atoms with Crippen LogP contribution in [0.2, 0.25) is 0 Å². The van der Waals surface area contributed by atoms with Gasteiger partial charge in [0, 0.05) is 0 Å². The van der Waals surface area contributed by atoms with Crippen LogP contribution in [0.4, 0.5) is 0 Å². The van der Waals surface area contributed by atoms with Crippen LogP contribution in [0.15, 0.2) is 24.3 Å². The second-order valence-electron chi connectivity index (χ2n) is 5.49. The maximum absolute atomic E-state index is 6.02. The number of epoxide rings is 2. The van der Waals surface area contributed by atoms with Crippen molar-refractivity contribution in [3.8, 4) is 5.75 Å². The number of hydrogen-bond acceptors (Lipinski definition) is 5. The number of ether oxygens (including phenoxy) is 5. The Morgan fingerprint density at radius 2 is 1.62 bits per heavy atom. The molecule has 2 aliphatic heterocycles. The molecule has 0 amide bonds. The van der Waals surface area contributed by atoms with E-state index in [-0.39, 0.29) is 18.3 Å². The fourth-order valence-electron chi connectivity index (χ4n) is 1.97. The minimum atomic E-state index is -0.122. The Bertz CT molecular complexity index is 424. The van der Waals surface area contributed by atoms with Gasteiger partial charge in [0.25, 0.3) is 0 Å². The first-order valence-electron chi connectivity index (χ1n) is 7.42. The van der Waals surface area contributed by atoms with Crippen molar-refractivity contribution in [3.05, 3.63) is 29.8 Å². The highest BCUT2D eigenvalue weighted by Gasteiger charge is 2.25. The second kappa shape index (κ2) is 7.22. The molecule has 2 aliphatic rings. The summed E-state index contributed by atoms with van der Waals surface area (Å²) >= 11 is 0. The Labute approximate surface area is 125 Å². The Kier molecular flexibility index (Phi) is 5.08. The zero-order chi connectivity index (χ0) is 14.5. The molecule has 2 heterocycles. The monoisotopic (exact) mass is 294 g/mol. The zero-order valence-corrected chi connectivity index (χ0v) is 12.3. The van der Waals surface area contributed by atoms with E-state index in [0.717, 1.165) is 24.5 Å². The van der Waals surface area contributed by atoms with Crippen molar-refractivity contribution in [2.45, 2.75) is 25.2 Å². The van der Waals surface area contributed by atoms with Gasteiger partial charge in [0.05, 0.1) is 39.6 Å². The van der Waals surface area contributed by atoms with Gasteiger partial charge in [0.2, 0.25) is 0 Å². The molecule has 0 aliphatic carbocycles. The summed E-state index contributed by atoms with van der Waals surface area (Å²) in [4.78, 5) is 0. The Morgan fingerprint density at radius 1 is 1.05 bits per heavy atom. The lowest BCUT2D eigenvalue weighted by atomic mass is 10.2. The van der Waals surface area contributed by atoms with Crippen molar-refractivity contribution < 1.29 is 23.7 Å². The minimum absolute atomic E-state index is 0.122. The normalized spacial score (nSPS) is 24.6. The highest BCUT2D eigenvalue weighted by Crippen LogP contribution is 2.19. The van der Waals surface area contributed by atoms with E-state index in [2.05, 4.69) is 0 Å². The Morgan fingerprint density at radius 3 is 2.14 bits per heavy atom. The van der Waals surface area contributed by atoms with Crippen LogP contribution in [0, 0.1) is 6.92 Å². The summed E-state index contributed by atoms with van der Waals surface area (Å²) in [5.74, 6) is 0.875. The molecule has 1 aromatic carbocycles. The number of rotatable bonds is 10. The Hall–Kier alpha value is -1.14. The molecule has 5 nitrogen and oxygen atoms in total. The molecule has 2 saturated heterocycles. The molecule has 3 rings (SSSR count). The van der Waals surface area contributed by atoms with Crippen LogP contribution >= 0.6 is 0 Å². The van der Waals surface area contributed by atoms with Crippen molar-refractivity contribution in [1.82, 2.24) is 0 Å². The van der Waals surface area contributed by atoms with Gasteiger partial charge in [-0.15, -0.1) is 0 Å². The lowest BCUT2D eigenvalue weighted by molar-refractivity contribution is -0.0123. The molecule has 0 N–H and O–H groups in total. The summed E-state index contributed by atoms with van der Waals surface area (Å²) in [6, 6.07) is 7.97. The largest absolute Gasteiger partial charge is 0.485 e. The maximum Gasteiger partial charge on any atom is 0.145 e. The summed E-state index contributed by atoms with van der Waals surface area (Å²) in [5, 5.41) is 0. The molecule has 5 heteroatoms. The molecule has 0 aromatic heterocycles. The molecule has 116 valence electrons. The van der Waals surface area contributed by atoms with Gasteiger partial charge in [0.15, 0.2) is 0 Å². The fourth-order valence-corrected chi connectivity index (χ4v) is 1.97. The van der Waals surface area contributed by atoms with Gasteiger partial charge in [0.1, 0.15) is 24.1 Å². The summed E-state index contributed by atoms with van der Waals surface area (Å²) < 4.78 is 27.6. The summed E-state index contributed by atoms with van der Waals surface area (Å²) in [6.45, 7) is 5.89. The van der Waals surface area contributed by atoms with E-state index in [0.29, 0.717) is 26.4 Å². The van der Waals surface area contributed by atoms with Crippen LogP contribution in [-0.4, -0.2) is 58.0 Å². The molecule has 2 fully saturated rings. The van der Waals surface area contributed by atoms with Crippen LogP contribution in [0.1, 0.15) is 5.56 Å². The van der Waals surface area contributed by atoms with Gasteiger partial charge in [-0.2, -0.15) is 0 Å². The number of para-hydroxylation sites is 1. The van der Waals surface area contributed by atoms with E-state index < -0.39 is 0 Å². The van der Waals surface area contributed by atoms with E-state index in [9.17, 15) is 0 Å². The fraction of sp³-hybridized carbons (Fsp3) is 0.625. The van der Waals surface area contributed by atoms with Crippen LogP contribution < -0.4 is 4.74 Å². The third-order valence-corrected chi connectivity index (χ3v) is 3.41. The molecule has 0 radical (unpaired) electrons. The topological polar surface area (TPSA) is 52.8 Å². The third kappa shape index (κ3) is 5.28. The third-order valence-electron chi connectivity index (χ3n) is 3.41. The molecule has 0 saturated carbocycles. The van der Waals surface area contributed by atoms with E-state index in [1.807, 2.05) is 31.2 Å². The second-order valence-corrected chi connectivity index (χ2v) is 5.49. The van der Waals surface area contributed by atoms with Crippen LogP contribution in [0.25, 0.3) is 0 Å². The number of aryl methyl sites for hydroxylation is 1. The molecule has 2 unspecified atom stereocenters. The van der Waals surface area contributed by atoms with Gasteiger partial charge in [-0.25, -0.2) is 0 Å². The van der Waals surface area contributed by atoms with Crippen molar-refractivity contribution in [1.29, 1.82) is 0 Å². The first kappa shape index (κ1) is 14.8. The predicted octanol–water partition coefficient (Wildman–Crippen LogP) is 1.57. The smallest absolute Gasteiger partial charge is 0.145 e. The van der Waals surface area contributed by atoms with Crippen molar-refractivity contribution >= 4 is 0 Å². The van der Waals surface area contributed by atoms with E-state index in [1.54, 1.807) is 0 Å². The van der Waals surface area contributed by atoms with Gasteiger partial charge in [-0.1, -0.05) is 18.2 Å². The molecular weight excluding hydrogens is 272 g/mol. The number of benzene rings is 1. The lowest BCUT2D eigenvalue weighted by Crippen LogP contribution is -2.30. The van der Waals surface area contributed by atoms with Crippen molar-refractivity contribution in [2.75, 3.05) is 39.6 Å². The van der Waals surface area contributed by atoms with E-state index >= 15 is 0 Å². The molecular formula is C16H22O5. The highest BCUT2D eigenvalue weighted by molar-refractivity contribution is 5.31. The van der Waals surface area contributed by atoms with E-state index in [1.165, 1.54) is 0 Å².